The number of hydrogen-bond donors (Lipinski definition) is 1. The Balaban J connectivity index is 2.26. The van der Waals surface area contributed by atoms with Crippen LogP contribution in [0, 0.1) is 0 Å². The molecule has 0 saturated carbocycles. The maximum atomic E-state index is 9.03. The Kier molecular flexibility index (Phi) is 3.98. The van der Waals surface area contributed by atoms with Gasteiger partial charge in [0.15, 0.2) is 11.5 Å². The SMILES string of the molecule is COc1cc(CO)ccc1Oc1nc(Br)cs1. The smallest absolute Gasteiger partial charge is 0.279 e. The topological polar surface area (TPSA) is 51.6 Å². The Morgan fingerprint density at radius 3 is 2.82 bits per heavy atom. The summed E-state index contributed by atoms with van der Waals surface area (Å²) < 4.78 is 11.5. The summed E-state index contributed by atoms with van der Waals surface area (Å²) in [5, 5.41) is 11.4. The highest BCUT2D eigenvalue weighted by Crippen LogP contribution is 2.34. The standard InChI is InChI=1S/C11H10BrNO3S/c1-15-9-4-7(5-14)2-3-8(9)16-11-13-10(12)6-17-11/h2-4,6,14H,5H2,1H3. The van der Waals surface area contributed by atoms with E-state index in [4.69, 9.17) is 14.6 Å². The van der Waals surface area contributed by atoms with E-state index in [9.17, 15) is 0 Å². The third-order valence-electron chi connectivity index (χ3n) is 2.06. The van der Waals surface area contributed by atoms with Crippen LogP contribution in [0.2, 0.25) is 0 Å². The van der Waals surface area contributed by atoms with E-state index >= 15 is 0 Å². The number of ether oxygens (including phenoxy) is 2. The van der Waals surface area contributed by atoms with Gasteiger partial charge in [0.05, 0.1) is 13.7 Å². The van der Waals surface area contributed by atoms with Crippen LogP contribution in [0.25, 0.3) is 0 Å². The number of rotatable bonds is 4. The number of aliphatic hydroxyl groups is 1. The zero-order chi connectivity index (χ0) is 12.3. The molecule has 1 N–H and O–H groups in total. The maximum Gasteiger partial charge on any atom is 0.279 e. The van der Waals surface area contributed by atoms with E-state index < -0.39 is 0 Å². The van der Waals surface area contributed by atoms with Gasteiger partial charge in [-0.1, -0.05) is 17.4 Å². The Labute approximate surface area is 111 Å². The number of halogens is 1. The molecule has 4 nitrogen and oxygen atoms in total. The lowest BCUT2D eigenvalue weighted by Crippen LogP contribution is -1.92. The summed E-state index contributed by atoms with van der Waals surface area (Å²) in [4.78, 5) is 4.13. The van der Waals surface area contributed by atoms with Gasteiger partial charge >= 0.3 is 0 Å². The summed E-state index contributed by atoms with van der Waals surface area (Å²) in [6, 6.07) is 5.26. The van der Waals surface area contributed by atoms with E-state index in [0.29, 0.717) is 16.7 Å². The van der Waals surface area contributed by atoms with Crippen molar-refractivity contribution < 1.29 is 14.6 Å². The molecule has 0 atom stereocenters. The second-order valence-corrected chi connectivity index (χ2v) is 4.81. The van der Waals surface area contributed by atoms with Crippen LogP contribution in [0.15, 0.2) is 28.2 Å². The molecule has 1 heterocycles. The molecular weight excluding hydrogens is 306 g/mol. The number of aromatic nitrogens is 1. The van der Waals surface area contributed by atoms with Crippen LogP contribution in [0.4, 0.5) is 0 Å². The van der Waals surface area contributed by atoms with E-state index in [0.717, 1.165) is 10.2 Å². The summed E-state index contributed by atoms with van der Waals surface area (Å²) in [7, 11) is 1.56. The van der Waals surface area contributed by atoms with E-state index in [2.05, 4.69) is 20.9 Å². The first kappa shape index (κ1) is 12.3. The van der Waals surface area contributed by atoms with Crippen LogP contribution < -0.4 is 9.47 Å². The van der Waals surface area contributed by atoms with E-state index in [-0.39, 0.29) is 6.61 Å². The lowest BCUT2D eigenvalue weighted by molar-refractivity contribution is 0.280. The molecule has 90 valence electrons. The van der Waals surface area contributed by atoms with Crippen molar-refractivity contribution in [2.24, 2.45) is 0 Å². The van der Waals surface area contributed by atoms with Crippen molar-refractivity contribution in [1.29, 1.82) is 0 Å². The molecule has 0 aliphatic carbocycles. The van der Waals surface area contributed by atoms with Crippen LogP contribution in [0.3, 0.4) is 0 Å². The number of methoxy groups -OCH3 is 1. The minimum absolute atomic E-state index is 0.0283. The van der Waals surface area contributed by atoms with Crippen LogP contribution in [-0.2, 0) is 6.61 Å². The summed E-state index contributed by atoms with van der Waals surface area (Å²) in [5.41, 5.74) is 0.773. The molecular formula is C11H10BrNO3S. The van der Waals surface area contributed by atoms with Crippen molar-refractivity contribution in [1.82, 2.24) is 4.98 Å². The first-order valence-electron chi connectivity index (χ1n) is 4.79. The highest BCUT2D eigenvalue weighted by atomic mass is 79.9. The van der Waals surface area contributed by atoms with Crippen molar-refractivity contribution in [3.63, 3.8) is 0 Å². The van der Waals surface area contributed by atoms with Crippen LogP contribution in [0.1, 0.15) is 5.56 Å². The molecule has 0 fully saturated rings. The second-order valence-electron chi connectivity index (χ2n) is 3.18. The molecule has 0 spiro atoms. The van der Waals surface area contributed by atoms with Gasteiger partial charge in [0.2, 0.25) is 0 Å². The predicted octanol–water partition coefficient (Wildman–Crippen LogP) is 3.20. The van der Waals surface area contributed by atoms with Crippen molar-refractivity contribution in [2.45, 2.75) is 6.61 Å². The third-order valence-corrected chi connectivity index (χ3v) is 3.49. The lowest BCUT2D eigenvalue weighted by atomic mass is 10.2. The molecule has 17 heavy (non-hydrogen) atoms. The molecule has 0 aliphatic rings. The molecule has 0 unspecified atom stereocenters. The van der Waals surface area contributed by atoms with Crippen LogP contribution in [-0.4, -0.2) is 17.2 Å². The first-order chi connectivity index (χ1) is 8.22. The normalized spacial score (nSPS) is 10.3. The average molecular weight is 316 g/mol. The number of benzene rings is 1. The Hall–Kier alpha value is -1.11. The highest BCUT2D eigenvalue weighted by molar-refractivity contribution is 9.10. The zero-order valence-electron chi connectivity index (χ0n) is 9.01. The molecule has 6 heteroatoms. The summed E-state index contributed by atoms with van der Waals surface area (Å²) >= 11 is 4.65. The molecule has 0 bridgehead atoms. The molecule has 0 amide bonds. The fraction of sp³-hybridized carbons (Fsp3) is 0.182. The minimum Gasteiger partial charge on any atom is -0.493 e. The van der Waals surface area contributed by atoms with Crippen molar-refractivity contribution >= 4 is 27.3 Å². The molecule has 0 radical (unpaired) electrons. The summed E-state index contributed by atoms with van der Waals surface area (Å²) in [6.07, 6.45) is 0. The van der Waals surface area contributed by atoms with Gasteiger partial charge in [-0.15, -0.1) is 0 Å². The monoisotopic (exact) mass is 315 g/mol. The summed E-state index contributed by atoms with van der Waals surface area (Å²) in [5.74, 6) is 1.15. The van der Waals surface area contributed by atoms with E-state index in [1.807, 2.05) is 5.38 Å². The van der Waals surface area contributed by atoms with Crippen molar-refractivity contribution in [3.05, 3.63) is 33.7 Å². The van der Waals surface area contributed by atoms with Gasteiger partial charge in [-0.2, -0.15) is 4.98 Å². The van der Waals surface area contributed by atoms with Crippen LogP contribution in [0.5, 0.6) is 16.7 Å². The number of aliphatic hydroxyl groups excluding tert-OH is 1. The highest BCUT2D eigenvalue weighted by Gasteiger charge is 2.09. The van der Waals surface area contributed by atoms with Gasteiger partial charge in [0, 0.05) is 5.38 Å². The summed E-state index contributed by atoms with van der Waals surface area (Å²) in [6.45, 7) is -0.0283. The fourth-order valence-corrected chi connectivity index (χ4v) is 2.37. The molecule has 1 aromatic carbocycles. The molecule has 2 rings (SSSR count). The zero-order valence-corrected chi connectivity index (χ0v) is 11.4. The first-order valence-corrected chi connectivity index (χ1v) is 6.47. The average Bonchev–Trinajstić information content (AvgIpc) is 2.75. The van der Waals surface area contributed by atoms with Gasteiger partial charge in [-0.05, 0) is 33.6 Å². The predicted molar refractivity (Wildman–Crippen MR) is 68.8 cm³/mol. The van der Waals surface area contributed by atoms with Gasteiger partial charge < -0.3 is 14.6 Å². The van der Waals surface area contributed by atoms with Gasteiger partial charge in [-0.3, -0.25) is 0 Å². The number of thiazole rings is 1. The Bertz CT molecular complexity index is 515. The minimum atomic E-state index is -0.0283. The number of nitrogens with zero attached hydrogens (tertiary/aromatic N) is 1. The molecule has 1 aromatic heterocycles. The quantitative estimate of drug-likeness (QED) is 0.941. The third kappa shape index (κ3) is 2.96. The number of hydrogen-bond acceptors (Lipinski definition) is 5. The Morgan fingerprint density at radius 2 is 2.24 bits per heavy atom. The molecule has 2 aromatic rings. The van der Waals surface area contributed by atoms with Gasteiger partial charge in [0.25, 0.3) is 5.19 Å². The van der Waals surface area contributed by atoms with Crippen molar-refractivity contribution in [2.75, 3.05) is 7.11 Å². The lowest BCUT2D eigenvalue weighted by Gasteiger charge is -2.09. The van der Waals surface area contributed by atoms with E-state index in [1.54, 1.807) is 25.3 Å². The largest absolute Gasteiger partial charge is 0.493 e. The fourth-order valence-electron chi connectivity index (χ4n) is 1.27. The maximum absolute atomic E-state index is 9.03. The van der Waals surface area contributed by atoms with E-state index in [1.165, 1.54) is 11.3 Å². The van der Waals surface area contributed by atoms with Gasteiger partial charge in [-0.25, -0.2) is 0 Å². The van der Waals surface area contributed by atoms with Gasteiger partial charge in [0.1, 0.15) is 4.60 Å². The second kappa shape index (κ2) is 5.48. The molecule has 0 saturated heterocycles. The van der Waals surface area contributed by atoms with Crippen LogP contribution >= 0.6 is 27.3 Å². The Morgan fingerprint density at radius 1 is 1.41 bits per heavy atom. The molecule has 0 aliphatic heterocycles. The van der Waals surface area contributed by atoms with Crippen molar-refractivity contribution in [3.8, 4) is 16.7 Å².